The molecule has 1 saturated heterocycles. The van der Waals surface area contributed by atoms with Gasteiger partial charge in [-0.2, -0.15) is 0 Å². The number of rotatable bonds is 5. The Kier molecular flexibility index (Phi) is 5.75. The molecule has 0 radical (unpaired) electrons. The lowest BCUT2D eigenvalue weighted by atomic mass is 9.54. The van der Waals surface area contributed by atoms with Gasteiger partial charge in [-0.3, -0.25) is 9.59 Å². The Balaban J connectivity index is 1.35. The topological polar surface area (TPSA) is 67.4 Å². The highest BCUT2D eigenvalue weighted by Crippen LogP contribution is 2.58. The second kappa shape index (κ2) is 8.65. The summed E-state index contributed by atoms with van der Waals surface area (Å²) in [5.74, 6) is 2.79. The van der Waals surface area contributed by atoms with E-state index in [2.05, 4.69) is 35.8 Å². The highest BCUT2D eigenvalue weighted by molar-refractivity contribution is 5.85. The molecule has 1 aromatic carbocycles. The summed E-state index contributed by atoms with van der Waals surface area (Å²) in [5.41, 5.74) is 3.62. The zero-order chi connectivity index (χ0) is 23.4. The van der Waals surface area contributed by atoms with Crippen LogP contribution < -0.4 is 10.6 Å². The van der Waals surface area contributed by atoms with Crippen LogP contribution in [0, 0.1) is 36.5 Å². The summed E-state index contributed by atoms with van der Waals surface area (Å²) in [7, 11) is 0. The largest absolute Gasteiger partial charge is 0.466 e. The number of aryl methyl sites for hydroxylation is 1. The molecule has 2 unspecified atom stereocenters. The van der Waals surface area contributed by atoms with Crippen molar-refractivity contribution in [1.82, 2.24) is 10.6 Å². The van der Waals surface area contributed by atoms with Crippen molar-refractivity contribution in [2.24, 2.45) is 29.6 Å². The summed E-state index contributed by atoms with van der Waals surface area (Å²) < 4.78 is 5.40. The number of amides is 1. The molecule has 7 rings (SSSR count). The first-order valence-electron chi connectivity index (χ1n) is 13.8. The number of hydrogen-bond donors (Lipinski definition) is 2. The van der Waals surface area contributed by atoms with E-state index < -0.39 is 0 Å². The summed E-state index contributed by atoms with van der Waals surface area (Å²) in [5, 5.41) is 7.18. The van der Waals surface area contributed by atoms with Crippen molar-refractivity contribution in [1.29, 1.82) is 0 Å². The lowest BCUT2D eigenvalue weighted by Crippen LogP contribution is -2.58. The van der Waals surface area contributed by atoms with Crippen molar-refractivity contribution in [2.75, 3.05) is 19.7 Å². The fourth-order valence-electron chi connectivity index (χ4n) is 9.31. The first-order valence-corrected chi connectivity index (χ1v) is 13.8. The van der Waals surface area contributed by atoms with E-state index >= 15 is 0 Å². The molecular formula is C29H40N2O3. The predicted molar refractivity (Wildman–Crippen MR) is 131 cm³/mol. The van der Waals surface area contributed by atoms with E-state index in [0.29, 0.717) is 30.9 Å². The molecule has 6 aliphatic rings. The zero-order valence-electron chi connectivity index (χ0n) is 20.8. The van der Waals surface area contributed by atoms with Crippen LogP contribution in [0.5, 0.6) is 0 Å². The standard InChI is InChI=1S/C29H40N2O3/c1-3-34-24(32)16-23-22-6-4-5-17(2)25(22)29(7-9-30-10-8-29)26(23)28(33)31-27-20-12-18-11-19(14-20)15-21(27)13-18/h4-6,18-21,23,26-27,30H,3,7-16H2,1-2H3,(H,31,33). The maximum Gasteiger partial charge on any atom is 0.306 e. The number of esters is 1. The minimum atomic E-state index is -0.202. The van der Waals surface area contributed by atoms with Gasteiger partial charge in [0.1, 0.15) is 0 Å². The third kappa shape index (κ3) is 3.53. The Morgan fingerprint density at radius 1 is 1.06 bits per heavy atom. The minimum Gasteiger partial charge on any atom is -0.466 e. The van der Waals surface area contributed by atoms with Gasteiger partial charge in [-0.15, -0.1) is 0 Å². The SMILES string of the molecule is CCOC(=O)CC1c2cccc(C)c2C2(CCNCC2)C1C(=O)NC1C2CC3CC(C2)CC1C3. The number of nitrogens with one attached hydrogen (secondary N) is 2. The van der Waals surface area contributed by atoms with Gasteiger partial charge in [0.2, 0.25) is 5.91 Å². The van der Waals surface area contributed by atoms with Gasteiger partial charge >= 0.3 is 5.97 Å². The second-order valence-corrected chi connectivity index (χ2v) is 12.0. The zero-order valence-corrected chi connectivity index (χ0v) is 20.8. The molecule has 1 heterocycles. The number of carbonyl (C=O) groups is 2. The first kappa shape index (κ1) is 22.6. The molecular weight excluding hydrogens is 424 g/mol. The maximum atomic E-state index is 14.4. The predicted octanol–water partition coefficient (Wildman–Crippen LogP) is 4.22. The lowest BCUT2D eigenvalue weighted by Gasteiger charge is -2.55. The fourth-order valence-corrected chi connectivity index (χ4v) is 9.31. The van der Waals surface area contributed by atoms with Gasteiger partial charge in [0.05, 0.1) is 18.9 Å². The van der Waals surface area contributed by atoms with Gasteiger partial charge in [0.15, 0.2) is 0 Å². The van der Waals surface area contributed by atoms with E-state index in [4.69, 9.17) is 4.74 Å². The number of hydrogen-bond acceptors (Lipinski definition) is 4. The second-order valence-electron chi connectivity index (χ2n) is 12.0. The normalized spacial score (nSPS) is 36.9. The molecule has 184 valence electrons. The van der Waals surface area contributed by atoms with Crippen LogP contribution in [0.2, 0.25) is 0 Å². The van der Waals surface area contributed by atoms with E-state index in [1.807, 2.05) is 6.92 Å². The Hall–Kier alpha value is -1.88. The molecule has 4 saturated carbocycles. The van der Waals surface area contributed by atoms with Gasteiger partial charge in [-0.1, -0.05) is 18.2 Å². The Bertz CT molecular complexity index is 938. The molecule has 1 aromatic rings. The summed E-state index contributed by atoms with van der Waals surface area (Å²) in [6.07, 6.45) is 8.79. The molecule has 2 atom stereocenters. The van der Waals surface area contributed by atoms with Crippen molar-refractivity contribution in [3.8, 4) is 0 Å². The number of piperidine rings is 1. The van der Waals surface area contributed by atoms with Gasteiger partial charge in [0.25, 0.3) is 0 Å². The molecule has 34 heavy (non-hydrogen) atoms. The van der Waals surface area contributed by atoms with Crippen molar-refractivity contribution in [3.05, 3.63) is 34.9 Å². The highest BCUT2D eigenvalue weighted by Gasteiger charge is 2.57. The van der Waals surface area contributed by atoms with E-state index in [-0.39, 0.29) is 29.1 Å². The smallest absolute Gasteiger partial charge is 0.306 e. The van der Waals surface area contributed by atoms with Crippen LogP contribution in [0.25, 0.3) is 0 Å². The third-order valence-electron chi connectivity index (χ3n) is 10.2. The monoisotopic (exact) mass is 464 g/mol. The molecule has 5 fully saturated rings. The molecule has 5 aliphatic carbocycles. The Morgan fingerprint density at radius 3 is 2.38 bits per heavy atom. The van der Waals surface area contributed by atoms with E-state index in [0.717, 1.165) is 37.8 Å². The molecule has 4 bridgehead atoms. The highest BCUT2D eigenvalue weighted by atomic mass is 16.5. The average molecular weight is 465 g/mol. The van der Waals surface area contributed by atoms with Crippen LogP contribution in [0.15, 0.2) is 18.2 Å². The van der Waals surface area contributed by atoms with Crippen molar-refractivity contribution >= 4 is 11.9 Å². The average Bonchev–Trinajstić information content (AvgIpc) is 3.06. The summed E-state index contributed by atoms with van der Waals surface area (Å²) >= 11 is 0. The lowest BCUT2D eigenvalue weighted by molar-refractivity contribution is -0.144. The molecule has 2 N–H and O–H groups in total. The van der Waals surface area contributed by atoms with Crippen LogP contribution in [0.4, 0.5) is 0 Å². The van der Waals surface area contributed by atoms with Gasteiger partial charge in [0, 0.05) is 17.4 Å². The van der Waals surface area contributed by atoms with Crippen molar-refractivity contribution in [3.63, 3.8) is 0 Å². The number of fused-ring (bicyclic) bond motifs is 2. The first-order chi connectivity index (χ1) is 16.5. The Labute approximate surface area is 203 Å². The molecule has 1 spiro atoms. The van der Waals surface area contributed by atoms with Crippen LogP contribution in [0.3, 0.4) is 0 Å². The van der Waals surface area contributed by atoms with E-state index in [1.54, 1.807) is 0 Å². The number of ether oxygens (including phenoxy) is 1. The van der Waals surface area contributed by atoms with E-state index in [9.17, 15) is 9.59 Å². The van der Waals surface area contributed by atoms with Gasteiger partial charge in [-0.25, -0.2) is 0 Å². The summed E-state index contributed by atoms with van der Waals surface area (Å²) in [4.78, 5) is 27.1. The van der Waals surface area contributed by atoms with Crippen molar-refractivity contribution < 1.29 is 14.3 Å². The molecule has 1 amide bonds. The van der Waals surface area contributed by atoms with Crippen LogP contribution in [0.1, 0.15) is 80.9 Å². The number of benzene rings is 1. The minimum absolute atomic E-state index is 0.108. The molecule has 5 heteroatoms. The van der Waals surface area contributed by atoms with Crippen LogP contribution >= 0.6 is 0 Å². The van der Waals surface area contributed by atoms with Crippen molar-refractivity contribution in [2.45, 2.75) is 82.6 Å². The number of carbonyl (C=O) groups excluding carboxylic acids is 2. The third-order valence-corrected chi connectivity index (χ3v) is 10.2. The van der Waals surface area contributed by atoms with Gasteiger partial charge in [-0.05, 0) is 112 Å². The maximum absolute atomic E-state index is 14.4. The quantitative estimate of drug-likeness (QED) is 0.640. The summed E-state index contributed by atoms with van der Waals surface area (Å²) in [6.45, 7) is 6.26. The van der Waals surface area contributed by atoms with Crippen LogP contribution in [-0.4, -0.2) is 37.6 Å². The Morgan fingerprint density at radius 2 is 1.74 bits per heavy atom. The summed E-state index contributed by atoms with van der Waals surface area (Å²) in [6, 6.07) is 6.78. The molecule has 0 aromatic heterocycles. The van der Waals surface area contributed by atoms with Gasteiger partial charge < -0.3 is 15.4 Å². The molecule has 5 nitrogen and oxygen atoms in total. The van der Waals surface area contributed by atoms with Crippen LogP contribution in [-0.2, 0) is 19.7 Å². The van der Waals surface area contributed by atoms with E-state index in [1.165, 1.54) is 48.8 Å². The fraction of sp³-hybridized carbons (Fsp3) is 0.724. The molecule has 1 aliphatic heterocycles.